The van der Waals surface area contributed by atoms with Crippen molar-refractivity contribution in [2.24, 2.45) is 5.73 Å². The van der Waals surface area contributed by atoms with E-state index < -0.39 is 0 Å². The van der Waals surface area contributed by atoms with Gasteiger partial charge >= 0.3 is 0 Å². The maximum Gasteiger partial charge on any atom is 0.0308 e. The van der Waals surface area contributed by atoms with Crippen LogP contribution >= 0.6 is 0 Å². The molecule has 2 N–H and O–H groups in total. The monoisotopic (exact) mass is 219 g/mol. The molecule has 0 amide bonds. The van der Waals surface area contributed by atoms with Crippen LogP contribution in [0.15, 0.2) is 24.5 Å². The topological polar surface area (TPSA) is 42.1 Å². The first-order valence-electron chi connectivity index (χ1n) is 6.24. The molecular weight excluding hydrogens is 198 g/mol. The number of rotatable bonds is 4. The van der Waals surface area contributed by atoms with Gasteiger partial charge in [0, 0.05) is 18.4 Å². The van der Waals surface area contributed by atoms with Gasteiger partial charge in [-0.2, -0.15) is 0 Å². The number of hydrogen-bond donors (Lipinski definition) is 1. The molecule has 0 aromatic carbocycles. The Morgan fingerprint density at radius 1 is 1.19 bits per heavy atom. The van der Waals surface area contributed by atoms with Crippen molar-refractivity contribution in [2.75, 3.05) is 19.6 Å². The van der Waals surface area contributed by atoms with Gasteiger partial charge in [-0.05, 0) is 56.6 Å². The Balaban J connectivity index is 1.77. The second kappa shape index (κ2) is 5.97. The Morgan fingerprint density at radius 2 is 1.88 bits per heavy atom. The largest absolute Gasteiger partial charge is 0.324 e. The first-order chi connectivity index (χ1) is 7.86. The molecule has 0 saturated carbocycles. The average molecular weight is 219 g/mol. The normalized spacial score (nSPS) is 19.6. The van der Waals surface area contributed by atoms with Gasteiger partial charge in [0.25, 0.3) is 0 Å². The summed E-state index contributed by atoms with van der Waals surface area (Å²) in [6.07, 6.45) is 8.78. The van der Waals surface area contributed by atoms with Gasteiger partial charge in [0.1, 0.15) is 0 Å². The van der Waals surface area contributed by atoms with Gasteiger partial charge in [-0.15, -0.1) is 0 Å². The van der Waals surface area contributed by atoms with Gasteiger partial charge in [0.2, 0.25) is 0 Å². The highest BCUT2D eigenvalue weighted by Gasteiger charge is 2.12. The van der Waals surface area contributed by atoms with Crippen molar-refractivity contribution in [3.63, 3.8) is 0 Å². The summed E-state index contributed by atoms with van der Waals surface area (Å²) in [6.45, 7) is 3.63. The van der Waals surface area contributed by atoms with Crippen LogP contribution in [0.4, 0.5) is 0 Å². The summed E-state index contributed by atoms with van der Waals surface area (Å²) in [5.74, 6) is 0. The summed E-state index contributed by atoms with van der Waals surface area (Å²) < 4.78 is 0. The quantitative estimate of drug-likeness (QED) is 0.841. The fourth-order valence-electron chi connectivity index (χ4n) is 2.28. The number of nitrogens with two attached hydrogens (primary N) is 1. The average Bonchev–Trinajstić information content (AvgIpc) is 2.38. The Kier molecular flexibility index (Phi) is 4.31. The summed E-state index contributed by atoms with van der Waals surface area (Å²) in [5.41, 5.74) is 7.36. The van der Waals surface area contributed by atoms with Gasteiger partial charge in [-0.25, -0.2) is 0 Å². The van der Waals surface area contributed by atoms with Crippen molar-refractivity contribution in [2.45, 2.75) is 31.7 Å². The second-order valence-electron chi connectivity index (χ2n) is 4.58. The van der Waals surface area contributed by atoms with E-state index in [2.05, 4.69) is 9.88 Å². The minimum Gasteiger partial charge on any atom is -0.324 e. The van der Waals surface area contributed by atoms with Gasteiger partial charge in [0.15, 0.2) is 0 Å². The zero-order valence-corrected chi connectivity index (χ0v) is 9.81. The van der Waals surface area contributed by atoms with E-state index in [-0.39, 0.29) is 6.04 Å². The van der Waals surface area contributed by atoms with Crippen molar-refractivity contribution < 1.29 is 0 Å². The molecule has 0 bridgehead atoms. The molecule has 88 valence electrons. The Bertz CT molecular complexity index is 293. The Morgan fingerprint density at radius 3 is 2.56 bits per heavy atom. The number of nitrogens with zero attached hydrogens (tertiary/aromatic N) is 2. The molecule has 16 heavy (non-hydrogen) atoms. The minimum absolute atomic E-state index is 0.157. The molecule has 2 rings (SSSR count). The molecule has 0 spiro atoms. The van der Waals surface area contributed by atoms with Crippen LogP contribution in [0.1, 0.15) is 37.3 Å². The lowest BCUT2D eigenvalue weighted by molar-refractivity contribution is 0.221. The van der Waals surface area contributed by atoms with Gasteiger partial charge in [-0.1, -0.05) is 6.42 Å². The first kappa shape index (κ1) is 11.6. The zero-order valence-electron chi connectivity index (χ0n) is 9.81. The van der Waals surface area contributed by atoms with Crippen molar-refractivity contribution in [1.82, 2.24) is 9.88 Å². The fraction of sp³-hybridized carbons (Fsp3) is 0.615. The molecule has 1 aliphatic heterocycles. The molecule has 3 nitrogen and oxygen atoms in total. The van der Waals surface area contributed by atoms with Crippen molar-refractivity contribution in [3.8, 4) is 0 Å². The summed E-state index contributed by atoms with van der Waals surface area (Å²) >= 11 is 0. The van der Waals surface area contributed by atoms with Crippen molar-refractivity contribution in [1.29, 1.82) is 0 Å². The highest BCUT2D eigenvalue weighted by atomic mass is 15.1. The molecule has 1 aromatic heterocycles. The lowest BCUT2D eigenvalue weighted by atomic mass is 10.0. The van der Waals surface area contributed by atoms with E-state index in [4.69, 9.17) is 5.73 Å². The van der Waals surface area contributed by atoms with E-state index in [1.54, 1.807) is 0 Å². The third-order valence-electron chi connectivity index (χ3n) is 3.34. The van der Waals surface area contributed by atoms with Crippen LogP contribution in [0, 0.1) is 0 Å². The lowest BCUT2D eigenvalue weighted by Gasteiger charge is -2.27. The molecule has 1 aliphatic rings. The predicted octanol–water partition coefficient (Wildman–Crippen LogP) is 1.96. The molecule has 2 heterocycles. The van der Waals surface area contributed by atoms with Gasteiger partial charge in [-0.3, -0.25) is 4.98 Å². The number of pyridine rings is 1. The number of piperidine rings is 1. The van der Waals surface area contributed by atoms with Crippen LogP contribution in [0.2, 0.25) is 0 Å². The number of hydrogen-bond acceptors (Lipinski definition) is 3. The summed E-state index contributed by atoms with van der Waals surface area (Å²) in [4.78, 5) is 6.54. The van der Waals surface area contributed by atoms with Crippen LogP contribution in [0.25, 0.3) is 0 Å². The molecule has 1 aromatic rings. The van der Waals surface area contributed by atoms with Crippen LogP contribution in [0.5, 0.6) is 0 Å². The first-order valence-corrected chi connectivity index (χ1v) is 6.24. The lowest BCUT2D eigenvalue weighted by Crippen LogP contribution is -2.32. The zero-order chi connectivity index (χ0) is 11.2. The summed E-state index contributed by atoms with van der Waals surface area (Å²) in [5, 5.41) is 0. The molecular formula is C13H21N3. The standard InChI is InChI=1S/C13H21N3/c14-13(12-4-7-15-8-5-12)6-11-16-9-2-1-3-10-16/h4-5,7-8,13H,1-3,6,9-11,14H2/t13-/m0/s1. The SMILES string of the molecule is N[C@@H](CCN1CCCCC1)c1ccncc1. The van der Waals surface area contributed by atoms with Crippen LogP contribution in [0.3, 0.4) is 0 Å². The van der Waals surface area contributed by atoms with Crippen molar-refractivity contribution in [3.05, 3.63) is 30.1 Å². The van der Waals surface area contributed by atoms with Gasteiger partial charge in [0.05, 0.1) is 0 Å². The molecule has 1 atom stereocenters. The second-order valence-corrected chi connectivity index (χ2v) is 4.58. The van der Waals surface area contributed by atoms with E-state index in [9.17, 15) is 0 Å². The molecule has 0 aliphatic carbocycles. The highest BCUT2D eigenvalue weighted by Crippen LogP contribution is 2.15. The number of aromatic nitrogens is 1. The Labute approximate surface area is 97.7 Å². The van der Waals surface area contributed by atoms with E-state index in [0.29, 0.717) is 0 Å². The van der Waals surface area contributed by atoms with Crippen LogP contribution < -0.4 is 5.73 Å². The highest BCUT2D eigenvalue weighted by molar-refractivity contribution is 5.14. The molecule has 0 radical (unpaired) electrons. The smallest absolute Gasteiger partial charge is 0.0308 e. The Hall–Kier alpha value is -0.930. The maximum atomic E-state index is 6.16. The van der Waals surface area contributed by atoms with Gasteiger partial charge < -0.3 is 10.6 Å². The minimum atomic E-state index is 0.157. The molecule has 1 saturated heterocycles. The fourth-order valence-corrected chi connectivity index (χ4v) is 2.28. The van der Waals surface area contributed by atoms with E-state index in [1.807, 2.05) is 24.5 Å². The third-order valence-corrected chi connectivity index (χ3v) is 3.34. The van der Waals surface area contributed by atoms with E-state index in [0.717, 1.165) is 13.0 Å². The number of likely N-dealkylation sites (tertiary alicyclic amines) is 1. The van der Waals surface area contributed by atoms with E-state index >= 15 is 0 Å². The summed E-state index contributed by atoms with van der Waals surface area (Å²) in [6, 6.07) is 4.19. The molecule has 0 unspecified atom stereocenters. The van der Waals surface area contributed by atoms with E-state index in [1.165, 1.54) is 37.9 Å². The molecule has 3 heteroatoms. The maximum absolute atomic E-state index is 6.16. The van der Waals surface area contributed by atoms with Crippen LogP contribution in [-0.4, -0.2) is 29.5 Å². The van der Waals surface area contributed by atoms with Crippen LogP contribution in [-0.2, 0) is 0 Å². The van der Waals surface area contributed by atoms with Crippen molar-refractivity contribution >= 4 is 0 Å². The molecule has 1 fully saturated rings. The summed E-state index contributed by atoms with van der Waals surface area (Å²) in [7, 11) is 0. The predicted molar refractivity (Wildman–Crippen MR) is 66.1 cm³/mol. The third kappa shape index (κ3) is 3.29.